The van der Waals surface area contributed by atoms with Crippen LogP contribution in [-0.2, 0) is 14.3 Å². The highest BCUT2D eigenvalue weighted by atomic mass is 32.2. The number of esters is 1. The van der Waals surface area contributed by atoms with Gasteiger partial charge in [-0.05, 0) is 38.3 Å². The van der Waals surface area contributed by atoms with Gasteiger partial charge in [0.1, 0.15) is 4.88 Å². The molecule has 0 spiro atoms. The second-order valence-corrected chi connectivity index (χ2v) is 9.32. The lowest BCUT2D eigenvalue weighted by Gasteiger charge is -2.08. The molecule has 2 aromatic rings. The third-order valence-corrected chi connectivity index (χ3v) is 7.03. The van der Waals surface area contributed by atoms with Crippen LogP contribution in [0.5, 0.6) is 0 Å². The van der Waals surface area contributed by atoms with E-state index in [1.54, 1.807) is 13.0 Å². The van der Waals surface area contributed by atoms with Gasteiger partial charge in [0.15, 0.2) is 4.34 Å². The average Bonchev–Trinajstić information content (AvgIpc) is 3.40. The standard InChI is InChI=1S/C17H22N4O4S3/c1-3-24-15(23)14-10(2)7-13(27-14)19-12(22)9-26-17-21-20-16(28-17)18-8-11-5-4-6-25-11/h7,11H,3-6,8-9H2,1-2H3,(H,18,20)(H,19,22). The number of aromatic nitrogens is 2. The van der Waals surface area contributed by atoms with Gasteiger partial charge < -0.3 is 20.1 Å². The molecule has 1 atom stereocenters. The first-order valence-electron chi connectivity index (χ1n) is 8.94. The van der Waals surface area contributed by atoms with Gasteiger partial charge in [-0.3, -0.25) is 4.79 Å². The number of anilines is 2. The molecule has 0 bridgehead atoms. The first-order valence-corrected chi connectivity index (χ1v) is 11.6. The van der Waals surface area contributed by atoms with Crippen molar-refractivity contribution >= 4 is 56.4 Å². The summed E-state index contributed by atoms with van der Waals surface area (Å²) in [5.41, 5.74) is 0.789. The minimum atomic E-state index is -0.364. The Morgan fingerprint density at radius 2 is 2.25 bits per heavy atom. The minimum absolute atomic E-state index is 0.161. The van der Waals surface area contributed by atoms with Gasteiger partial charge in [0, 0.05) is 13.2 Å². The lowest BCUT2D eigenvalue weighted by Crippen LogP contribution is -2.18. The topological polar surface area (TPSA) is 102 Å². The molecule has 1 saturated heterocycles. The number of aryl methyl sites for hydroxylation is 1. The molecular formula is C17H22N4O4S3. The van der Waals surface area contributed by atoms with Crippen molar-refractivity contribution in [3.05, 3.63) is 16.5 Å². The summed E-state index contributed by atoms with van der Waals surface area (Å²) in [7, 11) is 0. The number of carbonyl (C=O) groups is 2. The van der Waals surface area contributed by atoms with E-state index in [1.165, 1.54) is 34.4 Å². The van der Waals surface area contributed by atoms with E-state index >= 15 is 0 Å². The maximum absolute atomic E-state index is 12.2. The number of nitrogens with one attached hydrogen (secondary N) is 2. The van der Waals surface area contributed by atoms with Gasteiger partial charge in [-0.2, -0.15) is 0 Å². The Bertz CT molecular complexity index is 817. The molecule has 0 radical (unpaired) electrons. The number of nitrogens with zero attached hydrogens (tertiary/aromatic N) is 2. The molecule has 1 amide bonds. The van der Waals surface area contributed by atoms with Gasteiger partial charge >= 0.3 is 5.97 Å². The predicted molar refractivity (Wildman–Crippen MR) is 112 cm³/mol. The van der Waals surface area contributed by atoms with Crippen LogP contribution < -0.4 is 10.6 Å². The van der Waals surface area contributed by atoms with Gasteiger partial charge in [-0.25, -0.2) is 4.79 Å². The van der Waals surface area contributed by atoms with Crippen LogP contribution in [-0.4, -0.2) is 53.7 Å². The van der Waals surface area contributed by atoms with Crippen molar-refractivity contribution in [2.75, 3.05) is 36.1 Å². The smallest absolute Gasteiger partial charge is 0.348 e. The molecule has 0 saturated carbocycles. The maximum atomic E-state index is 12.2. The molecule has 0 aromatic carbocycles. The summed E-state index contributed by atoms with van der Waals surface area (Å²) in [5.74, 6) is -0.311. The molecule has 152 valence electrons. The number of thioether (sulfide) groups is 1. The lowest BCUT2D eigenvalue weighted by atomic mass is 10.2. The summed E-state index contributed by atoms with van der Waals surface area (Å²) in [6, 6.07) is 1.78. The minimum Gasteiger partial charge on any atom is -0.462 e. The van der Waals surface area contributed by atoms with E-state index in [4.69, 9.17) is 9.47 Å². The monoisotopic (exact) mass is 442 g/mol. The summed E-state index contributed by atoms with van der Waals surface area (Å²) in [5, 5.41) is 15.6. The summed E-state index contributed by atoms with van der Waals surface area (Å²) in [4.78, 5) is 24.6. The molecular weight excluding hydrogens is 420 g/mol. The second-order valence-electron chi connectivity index (χ2n) is 6.07. The zero-order chi connectivity index (χ0) is 19.9. The molecule has 1 aliphatic heterocycles. The number of thiophene rings is 1. The SMILES string of the molecule is CCOC(=O)c1sc(NC(=O)CSc2nnc(NCC3CCCO3)s2)cc1C. The van der Waals surface area contributed by atoms with Crippen LogP contribution in [0.15, 0.2) is 10.4 Å². The highest BCUT2D eigenvalue weighted by Crippen LogP contribution is 2.29. The van der Waals surface area contributed by atoms with Crippen LogP contribution >= 0.6 is 34.4 Å². The van der Waals surface area contributed by atoms with E-state index in [1.807, 2.05) is 6.92 Å². The Labute approximate surface area is 175 Å². The third kappa shape index (κ3) is 5.90. The van der Waals surface area contributed by atoms with E-state index in [0.29, 0.717) is 16.5 Å². The predicted octanol–water partition coefficient (Wildman–Crippen LogP) is 3.41. The van der Waals surface area contributed by atoms with E-state index in [2.05, 4.69) is 20.8 Å². The van der Waals surface area contributed by atoms with Gasteiger partial charge in [-0.15, -0.1) is 21.5 Å². The molecule has 1 unspecified atom stereocenters. The zero-order valence-electron chi connectivity index (χ0n) is 15.6. The van der Waals surface area contributed by atoms with Crippen LogP contribution in [0, 0.1) is 6.92 Å². The Hall–Kier alpha value is -1.69. The average molecular weight is 443 g/mol. The number of ether oxygens (including phenoxy) is 2. The molecule has 28 heavy (non-hydrogen) atoms. The number of hydrogen-bond donors (Lipinski definition) is 2. The largest absolute Gasteiger partial charge is 0.462 e. The summed E-state index contributed by atoms with van der Waals surface area (Å²) >= 11 is 3.96. The lowest BCUT2D eigenvalue weighted by molar-refractivity contribution is -0.113. The molecule has 1 aliphatic rings. The summed E-state index contributed by atoms with van der Waals surface area (Å²) in [6.07, 6.45) is 2.40. The van der Waals surface area contributed by atoms with Crippen molar-refractivity contribution in [3.8, 4) is 0 Å². The fraction of sp³-hybridized carbons (Fsp3) is 0.529. The van der Waals surface area contributed by atoms with Crippen molar-refractivity contribution in [1.82, 2.24) is 10.2 Å². The first kappa shape index (κ1) is 21.0. The highest BCUT2D eigenvalue weighted by Gasteiger charge is 2.17. The molecule has 3 rings (SSSR count). The van der Waals surface area contributed by atoms with E-state index in [0.717, 1.165) is 41.0 Å². The van der Waals surface area contributed by atoms with Gasteiger partial charge in [0.05, 0.1) is 23.5 Å². The third-order valence-electron chi connectivity index (χ3n) is 3.88. The fourth-order valence-corrected chi connectivity index (χ4v) is 5.13. The Kier molecular flexibility index (Phi) is 7.65. The van der Waals surface area contributed by atoms with Crippen molar-refractivity contribution in [2.24, 2.45) is 0 Å². The van der Waals surface area contributed by atoms with Crippen molar-refractivity contribution in [1.29, 1.82) is 0 Å². The van der Waals surface area contributed by atoms with Crippen LogP contribution in [0.4, 0.5) is 10.1 Å². The Morgan fingerprint density at radius 3 is 3.00 bits per heavy atom. The summed E-state index contributed by atoms with van der Waals surface area (Å²) < 4.78 is 11.3. The van der Waals surface area contributed by atoms with Gasteiger partial charge in [0.2, 0.25) is 11.0 Å². The van der Waals surface area contributed by atoms with Crippen LogP contribution in [0.2, 0.25) is 0 Å². The van der Waals surface area contributed by atoms with E-state index in [-0.39, 0.29) is 23.7 Å². The number of amides is 1. The molecule has 2 N–H and O–H groups in total. The Morgan fingerprint density at radius 1 is 1.39 bits per heavy atom. The molecule has 2 aromatic heterocycles. The molecule has 11 heteroatoms. The molecule has 0 aliphatic carbocycles. The molecule has 8 nitrogen and oxygen atoms in total. The second kappa shape index (κ2) is 10.2. The summed E-state index contributed by atoms with van der Waals surface area (Å²) in [6.45, 7) is 5.45. The number of rotatable bonds is 9. The van der Waals surface area contributed by atoms with Crippen molar-refractivity contribution in [2.45, 2.75) is 37.1 Å². The number of hydrogen-bond acceptors (Lipinski definition) is 10. The quantitative estimate of drug-likeness (QED) is 0.450. The van der Waals surface area contributed by atoms with Crippen molar-refractivity contribution in [3.63, 3.8) is 0 Å². The van der Waals surface area contributed by atoms with Gasteiger partial charge in [-0.1, -0.05) is 23.1 Å². The van der Waals surface area contributed by atoms with Crippen LogP contribution in [0.3, 0.4) is 0 Å². The maximum Gasteiger partial charge on any atom is 0.348 e. The van der Waals surface area contributed by atoms with Crippen molar-refractivity contribution < 1.29 is 19.1 Å². The fourth-order valence-electron chi connectivity index (χ4n) is 2.59. The Balaban J connectivity index is 1.44. The normalized spacial score (nSPS) is 16.1. The van der Waals surface area contributed by atoms with Gasteiger partial charge in [0.25, 0.3) is 0 Å². The van der Waals surface area contributed by atoms with Crippen LogP contribution in [0.25, 0.3) is 0 Å². The van der Waals surface area contributed by atoms with E-state index in [9.17, 15) is 9.59 Å². The zero-order valence-corrected chi connectivity index (χ0v) is 18.1. The van der Waals surface area contributed by atoms with E-state index < -0.39 is 0 Å². The van der Waals surface area contributed by atoms with Crippen LogP contribution in [0.1, 0.15) is 35.0 Å². The number of carbonyl (C=O) groups excluding carboxylic acids is 2. The highest BCUT2D eigenvalue weighted by molar-refractivity contribution is 8.01. The molecule has 3 heterocycles. The first-order chi connectivity index (χ1) is 13.5. The molecule has 1 fully saturated rings.